The van der Waals surface area contributed by atoms with Crippen molar-refractivity contribution in [2.45, 2.75) is 24.4 Å². The van der Waals surface area contributed by atoms with Crippen LogP contribution in [0.3, 0.4) is 0 Å². The Morgan fingerprint density at radius 1 is 1.43 bits per heavy atom. The van der Waals surface area contributed by atoms with Crippen LogP contribution in [0.5, 0.6) is 0 Å². The van der Waals surface area contributed by atoms with Crippen LogP contribution >= 0.6 is 11.8 Å². The van der Waals surface area contributed by atoms with Crippen LogP contribution in [0.4, 0.5) is 0 Å². The maximum absolute atomic E-state index is 12.0. The van der Waals surface area contributed by atoms with E-state index in [2.05, 4.69) is 15.5 Å². The maximum atomic E-state index is 12.0. The summed E-state index contributed by atoms with van der Waals surface area (Å²) < 4.78 is 12.4. The van der Waals surface area contributed by atoms with Crippen LogP contribution in [-0.4, -0.2) is 20.6 Å². The van der Waals surface area contributed by atoms with E-state index in [1.807, 2.05) is 17.8 Å². The van der Waals surface area contributed by atoms with Gasteiger partial charge in [0.05, 0.1) is 12.3 Å². The normalized spacial score (nSPS) is 10.9. The molecule has 0 fully saturated rings. The largest absolute Gasteiger partial charge is 0.455 e. The minimum absolute atomic E-state index is 0.278. The van der Waals surface area contributed by atoms with Crippen LogP contribution in [0.25, 0.3) is 0 Å². The van der Waals surface area contributed by atoms with Gasteiger partial charge in [0, 0.05) is 25.5 Å². The van der Waals surface area contributed by atoms with E-state index in [1.165, 1.54) is 0 Å². The molecule has 0 aliphatic carbocycles. The molecule has 0 bridgehead atoms. The number of rotatable bonds is 6. The first-order valence-electron chi connectivity index (χ1n) is 7.01. The highest BCUT2D eigenvalue weighted by molar-refractivity contribution is 7.98. The molecular weight excluding hydrogens is 316 g/mol. The van der Waals surface area contributed by atoms with E-state index >= 15 is 0 Å². The molecule has 8 heteroatoms. The lowest BCUT2D eigenvalue weighted by Crippen LogP contribution is -2.22. The van der Waals surface area contributed by atoms with Crippen molar-refractivity contribution >= 4 is 17.7 Å². The number of hydrogen-bond acceptors (Lipinski definition) is 6. The molecule has 0 aliphatic rings. The number of imidazole rings is 1. The molecule has 0 aromatic carbocycles. The van der Waals surface area contributed by atoms with Crippen molar-refractivity contribution in [3.8, 4) is 0 Å². The number of aromatic nitrogens is 3. The highest BCUT2D eigenvalue weighted by atomic mass is 32.2. The zero-order chi connectivity index (χ0) is 16.2. The molecule has 23 heavy (non-hydrogen) atoms. The lowest BCUT2D eigenvalue weighted by Gasteiger charge is -2.00. The van der Waals surface area contributed by atoms with E-state index in [4.69, 9.17) is 8.94 Å². The monoisotopic (exact) mass is 332 g/mol. The number of nitrogens with one attached hydrogen (secondary N) is 1. The highest BCUT2D eigenvalue weighted by Crippen LogP contribution is 2.21. The van der Waals surface area contributed by atoms with E-state index in [1.54, 1.807) is 43.1 Å². The van der Waals surface area contributed by atoms with Crippen molar-refractivity contribution in [3.63, 3.8) is 0 Å². The van der Waals surface area contributed by atoms with Crippen molar-refractivity contribution in [1.82, 2.24) is 20.0 Å². The standard InChI is InChI=1S/C15H16N4O3S/c1-10-7-11(18-22-10)8-17-14(20)13-4-3-12(21-13)9-23-15-16-5-6-19(15)2/h3-7H,8-9H2,1-2H3,(H,17,20). The Bertz CT molecular complexity index is 805. The first-order valence-corrected chi connectivity index (χ1v) is 7.99. The van der Waals surface area contributed by atoms with E-state index in [-0.39, 0.29) is 11.7 Å². The second-order valence-electron chi connectivity index (χ2n) is 4.99. The Balaban J connectivity index is 1.53. The average Bonchev–Trinajstić information content (AvgIpc) is 3.24. The molecule has 0 spiro atoms. The molecule has 0 aliphatic heterocycles. The summed E-state index contributed by atoms with van der Waals surface area (Å²) >= 11 is 1.55. The number of carbonyl (C=O) groups excluding carboxylic acids is 1. The number of aryl methyl sites for hydroxylation is 2. The summed E-state index contributed by atoms with van der Waals surface area (Å²) in [4.78, 5) is 16.3. The van der Waals surface area contributed by atoms with Gasteiger partial charge in [-0.05, 0) is 19.1 Å². The molecule has 0 atom stereocenters. The smallest absolute Gasteiger partial charge is 0.287 e. The second-order valence-corrected chi connectivity index (χ2v) is 5.93. The first-order chi connectivity index (χ1) is 11.1. The van der Waals surface area contributed by atoms with E-state index in [9.17, 15) is 4.79 Å². The minimum atomic E-state index is -0.279. The number of hydrogen-bond donors (Lipinski definition) is 1. The number of furan rings is 1. The Kier molecular flexibility index (Phi) is 4.52. The summed E-state index contributed by atoms with van der Waals surface area (Å²) in [5, 5.41) is 7.46. The summed E-state index contributed by atoms with van der Waals surface area (Å²) in [5.74, 6) is 2.04. The van der Waals surface area contributed by atoms with Crippen molar-refractivity contribution in [1.29, 1.82) is 0 Å². The predicted octanol–water partition coefficient (Wildman–Crippen LogP) is 2.53. The van der Waals surface area contributed by atoms with Gasteiger partial charge in [-0.2, -0.15) is 0 Å². The molecule has 3 rings (SSSR count). The summed E-state index contributed by atoms with van der Waals surface area (Å²) in [6, 6.07) is 5.24. The van der Waals surface area contributed by atoms with Crippen LogP contribution < -0.4 is 5.32 Å². The molecule has 3 aromatic heterocycles. The van der Waals surface area contributed by atoms with E-state index in [0.717, 1.165) is 10.9 Å². The SMILES string of the molecule is Cc1cc(CNC(=O)c2ccc(CSc3nccn3C)o2)no1. The topological polar surface area (TPSA) is 86.1 Å². The average molecular weight is 332 g/mol. The summed E-state index contributed by atoms with van der Waals surface area (Å²) in [6.45, 7) is 2.10. The van der Waals surface area contributed by atoms with Gasteiger partial charge in [-0.25, -0.2) is 4.98 Å². The Labute approximate surface area is 137 Å². The molecule has 120 valence electrons. The van der Waals surface area contributed by atoms with Gasteiger partial charge in [0.25, 0.3) is 5.91 Å². The van der Waals surface area contributed by atoms with Gasteiger partial charge in [0.15, 0.2) is 10.9 Å². The number of thioether (sulfide) groups is 1. The lowest BCUT2D eigenvalue weighted by molar-refractivity contribution is 0.0921. The van der Waals surface area contributed by atoms with Crippen LogP contribution in [0.1, 0.15) is 27.8 Å². The predicted molar refractivity (Wildman–Crippen MR) is 83.9 cm³/mol. The van der Waals surface area contributed by atoms with Crippen LogP contribution in [-0.2, 0) is 19.3 Å². The molecule has 7 nitrogen and oxygen atoms in total. The maximum Gasteiger partial charge on any atom is 0.287 e. The fourth-order valence-corrected chi connectivity index (χ4v) is 2.79. The summed E-state index contributed by atoms with van der Waals surface area (Å²) in [7, 11) is 1.93. The van der Waals surface area contributed by atoms with Gasteiger partial charge in [-0.3, -0.25) is 4.79 Å². The van der Waals surface area contributed by atoms with Gasteiger partial charge in [0.1, 0.15) is 17.2 Å². The summed E-state index contributed by atoms with van der Waals surface area (Å²) in [6.07, 6.45) is 3.63. The van der Waals surface area contributed by atoms with Gasteiger partial charge in [-0.1, -0.05) is 16.9 Å². The Hall–Kier alpha value is -2.48. The van der Waals surface area contributed by atoms with E-state index in [0.29, 0.717) is 23.8 Å². The molecule has 1 N–H and O–H groups in total. The first kappa shape index (κ1) is 15.4. The molecule has 3 heterocycles. The van der Waals surface area contributed by atoms with Gasteiger partial charge in [-0.15, -0.1) is 0 Å². The number of nitrogens with zero attached hydrogens (tertiary/aromatic N) is 3. The Morgan fingerprint density at radius 3 is 3.00 bits per heavy atom. The second kappa shape index (κ2) is 6.74. The number of carbonyl (C=O) groups is 1. The summed E-state index contributed by atoms with van der Waals surface area (Å²) in [5.41, 5.74) is 0.674. The van der Waals surface area contributed by atoms with Crippen molar-refractivity contribution in [2.24, 2.45) is 7.05 Å². The Morgan fingerprint density at radius 2 is 2.30 bits per heavy atom. The highest BCUT2D eigenvalue weighted by Gasteiger charge is 2.12. The molecule has 0 saturated heterocycles. The molecule has 3 aromatic rings. The molecular formula is C15H16N4O3S. The molecule has 0 unspecified atom stereocenters. The quantitative estimate of drug-likeness (QED) is 0.698. The molecule has 1 amide bonds. The zero-order valence-electron chi connectivity index (χ0n) is 12.8. The van der Waals surface area contributed by atoms with Crippen molar-refractivity contribution in [2.75, 3.05) is 0 Å². The fourth-order valence-electron chi connectivity index (χ4n) is 1.96. The van der Waals surface area contributed by atoms with Crippen molar-refractivity contribution < 1.29 is 13.7 Å². The van der Waals surface area contributed by atoms with Gasteiger partial charge < -0.3 is 18.8 Å². The van der Waals surface area contributed by atoms with Crippen LogP contribution in [0.15, 0.2) is 44.7 Å². The van der Waals surface area contributed by atoms with E-state index < -0.39 is 0 Å². The number of amides is 1. The molecule has 0 radical (unpaired) electrons. The lowest BCUT2D eigenvalue weighted by atomic mass is 10.3. The van der Waals surface area contributed by atoms with Gasteiger partial charge in [0.2, 0.25) is 0 Å². The molecule has 0 saturated carbocycles. The minimum Gasteiger partial charge on any atom is -0.455 e. The van der Waals surface area contributed by atoms with Crippen LogP contribution in [0.2, 0.25) is 0 Å². The van der Waals surface area contributed by atoms with Gasteiger partial charge >= 0.3 is 0 Å². The third-order valence-electron chi connectivity index (χ3n) is 3.11. The third kappa shape index (κ3) is 3.84. The van der Waals surface area contributed by atoms with Crippen molar-refractivity contribution in [3.05, 3.63) is 53.6 Å². The third-order valence-corrected chi connectivity index (χ3v) is 4.19. The van der Waals surface area contributed by atoms with Crippen LogP contribution in [0, 0.1) is 6.92 Å². The fraction of sp³-hybridized carbons (Fsp3) is 0.267. The zero-order valence-corrected chi connectivity index (χ0v) is 13.6.